The molecule has 2 nitrogen and oxygen atoms in total. The molecule has 0 N–H and O–H groups in total. The van der Waals surface area contributed by atoms with Gasteiger partial charge in [-0.25, -0.2) is 0 Å². The maximum absolute atomic E-state index is 2.58. The predicted molar refractivity (Wildman–Crippen MR) is 278 cm³/mol. The first-order chi connectivity index (χ1) is 32.0. The van der Waals surface area contributed by atoms with E-state index in [9.17, 15) is 0 Å². The zero-order valence-corrected chi connectivity index (χ0v) is 36.3. The van der Waals surface area contributed by atoms with E-state index < -0.39 is 0 Å². The van der Waals surface area contributed by atoms with Gasteiger partial charge < -0.3 is 9.80 Å². The van der Waals surface area contributed by atoms with E-state index in [1.54, 1.807) is 0 Å². The molecule has 0 unspecified atom stereocenters. The average Bonchev–Trinajstić information content (AvgIpc) is 3.58. The van der Waals surface area contributed by atoms with E-state index in [4.69, 9.17) is 0 Å². The Labute approximate surface area is 378 Å². The quantitative estimate of drug-likeness (QED) is 0.122. The normalized spacial score (nSPS) is 12.9. The van der Waals surface area contributed by atoms with Gasteiger partial charge >= 0.3 is 0 Å². The van der Waals surface area contributed by atoms with Gasteiger partial charge in [0.1, 0.15) is 0 Å². The topological polar surface area (TPSA) is 6.48 Å². The highest BCUT2D eigenvalue weighted by Gasteiger charge is 2.37. The zero-order chi connectivity index (χ0) is 43.2. The van der Waals surface area contributed by atoms with Crippen LogP contribution in [0.2, 0.25) is 0 Å². The standard InChI is InChI=1S/C63H44N2/c1-63(2)55-34-14-13-31-49(55)52-39-53-54(40-56(52)63)62(65(59-37-17-25-43-21-5-9-29-47(43)59)60-38-18-26-44-22-6-10-30-48(44)60)51-33-12-11-32-50(51)61(53)64(57-35-15-23-41-19-3-7-27-45(41)57)58-36-16-24-42-20-4-8-28-46(42)58/h3-40H,1-2H3. The van der Waals surface area contributed by atoms with Crippen LogP contribution in [0.25, 0.3) is 75.8 Å². The number of hydrogen-bond acceptors (Lipinski definition) is 2. The number of rotatable bonds is 6. The van der Waals surface area contributed by atoms with E-state index in [1.807, 2.05) is 0 Å². The third-order valence-corrected chi connectivity index (χ3v) is 14.1. The largest absolute Gasteiger partial charge is 0.308 e. The Morgan fingerprint density at radius 1 is 0.262 bits per heavy atom. The van der Waals surface area contributed by atoms with E-state index in [1.165, 1.54) is 86.9 Å². The number of hydrogen-bond donors (Lipinski definition) is 0. The molecule has 0 radical (unpaired) electrons. The maximum Gasteiger partial charge on any atom is 0.0620 e. The lowest BCUT2D eigenvalue weighted by molar-refractivity contribution is 0.661. The van der Waals surface area contributed by atoms with Crippen LogP contribution in [0.1, 0.15) is 25.0 Å². The van der Waals surface area contributed by atoms with E-state index in [0.29, 0.717) is 0 Å². The van der Waals surface area contributed by atoms with Gasteiger partial charge in [0.15, 0.2) is 0 Å². The van der Waals surface area contributed by atoms with Gasteiger partial charge in [-0.05, 0) is 80.2 Å². The fraction of sp³-hybridized carbons (Fsp3) is 0.0476. The van der Waals surface area contributed by atoms with Crippen LogP contribution in [0.3, 0.4) is 0 Å². The summed E-state index contributed by atoms with van der Waals surface area (Å²) in [5.41, 5.74) is 11.9. The highest BCUT2D eigenvalue weighted by Crippen LogP contribution is 2.57. The molecule has 12 aromatic rings. The zero-order valence-electron chi connectivity index (χ0n) is 36.3. The molecule has 0 fully saturated rings. The Balaban J connectivity index is 1.26. The van der Waals surface area contributed by atoms with Crippen molar-refractivity contribution in [2.45, 2.75) is 19.3 Å². The first-order valence-corrected chi connectivity index (χ1v) is 22.7. The van der Waals surface area contributed by atoms with E-state index in [0.717, 1.165) is 34.1 Å². The number of fused-ring (bicyclic) bond motifs is 9. The summed E-state index contributed by atoms with van der Waals surface area (Å²) in [6, 6.07) is 85.6. The lowest BCUT2D eigenvalue weighted by Gasteiger charge is -2.35. The van der Waals surface area contributed by atoms with E-state index in [-0.39, 0.29) is 5.41 Å². The minimum absolute atomic E-state index is 0.224. The maximum atomic E-state index is 2.58. The number of benzene rings is 12. The Hall–Kier alpha value is -8.20. The van der Waals surface area contributed by atoms with Gasteiger partial charge in [-0.15, -0.1) is 0 Å². The van der Waals surface area contributed by atoms with Crippen LogP contribution in [0, 0.1) is 0 Å². The van der Waals surface area contributed by atoms with E-state index >= 15 is 0 Å². The summed E-state index contributed by atoms with van der Waals surface area (Å²) in [6.45, 7) is 4.80. The van der Waals surface area contributed by atoms with Crippen molar-refractivity contribution in [3.8, 4) is 11.1 Å². The minimum atomic E-state index is -0.224. The highest BCUT2D eigenvalue weighted by molar-refractivity contribution is 6.27. The van der Waals surface area contributed by atoms with Crippen LogP contribution in [0.5, 0.6) is 0 Å². The molecule has 65 heavy (non-hydrogen) atoms. The third kappa shape index (κ3) is 5.60. The number of anilines is 6. The second-order valence-corrected chi connectivity index (χ2v) is 18.0. The molecule has 2 heteroatoms. The van der Waals surface area contributed by atoms with Crippen LogP contribution in [0.4, 0.5) is 34.1 Å². The molecule has 0 saturated heterocycles. The summed E-state index contributed by atoms with van der Waals surface area (Å²) < 4.78 is 0. The lowest BCUT2D eigenvalue weighted by Crippen LogP contribution is -2.17. The van der Waals surface area contributed by atoms with Gasteiger partial charge in [-0.1, -0.05) is 208 Å². The lowest BCUT2D eigenvalue weighted by atomic mass is 9.81. The molecule has 1 aliphatic rings. The van der Waals surface area contributed by atoms with Gasteiger partial charge in [0.05, 0.1) is 34.1 Å². The molecule has 13 rings (SSSR count). The molecule has 306 valence electrons. The van der Waals surface area contributed by atoms with Crippen molar-refractivity contribution in [2.75, 3.05) is 9.80 Å². The highest BCUT2D eigenvalue weighted by atomic mass is 15.2. The van der Waals surface area contributed by atoms with Crippen molar-refractivity contribution in [1.29, 1.82) is 0 Å². The second kappa shape index (κ2) is 14.4. The SMILES string of the molecule is CC1(C)c2ccccc2-c2cc3c(N(c4cccc5ccccc45)c4cccc5ccccc45)c4ccccc4c(N(c4cccc5ccccc45)c4cccc5ccccc45)c3cc21. The van der Waals surface area contributed by atoms with Gasteiger partial charge in [-0.2, -0.15) is 0 Å². The smallest absolute Gasteiger partial charge is 0.0620 e. The molecule has 0 aromatic heterocycles. The molecular formula is C63H44N2. The minimum Gasteiger partial charge on any atom is -0.308 e. The van der Waals surface area contributed by atoms with Crippen LogP contribution in [-0.2, 0) is 5.41 Å². The summed E-state index contributed by atoms with van der Waals surface area (Å²) in [7, 11) is 0. The third-order valence-electron chi connectivity index (χ3n) is 14.1. The Kier molecular flexibility index (Phi) is 8.29. The Morgan fingerprint density at radius 3 is 1.00 bits per heavy atom. The van der Waals surface area contributed by atoms with Crippen LogP contribution >= 0.6 is 0 Å². The summed E-state index contributed by atoms with van der Waals surface area (Å²) in [5, 5.41) is 14.4. The molecule has 0 heterocycles. The van der Waals surface area contributed by atoms with Crippen molar-refractivity contribution in [1.82, 2.24) is 0 Å². The van der Waals surface area contributed by atoms with Crippen molar-refractivity contribution in [3.05, 3.63) is 242 Å². The first-order valence-electron chi connectivity index (χ1n) is 22.7. The molecule has 0 amide bonds. The van der Waals surface area contributed by atoms with Gasteiger partial charge in [-0.3, -0.25) is 0 Å². The summed E-state index contributed by atoms with van der Waals surface area (Å²) in [6.07, 6.45) is 0. The van der Waals surface area contributed by atoms with Crippen LogP contribution in [0.15, 0.2) is 231 Å². The fourth-order valence-corrected chi connectivity index (χ4v) is 11.2. The molecule has 0 atom stereocenters. The molecule has 12 aromatic carbocycles. The van der Waals surface area contributed by atoms with Crippen molar-refractivity contribution in [2.24, 2.45) is 0 Å². The molecule has 0 aliphatic heterocycles. The summed E-state index contributed by atoms with van der Waals surface area (Å²) in [4.78, 5) is 5.17. The number of nitrogens with zero attached hydrogens (tertiary/aromatic N) is 2. The predicted octanol–water partition coefficient (Wildman–Crippen LogP) is 17.9. The van der Waals surface area contributed by atoms with Gasteiger partial charge in [0, 0.05) is 48.5 Å². The fourth-order valence-electron chi connectivity index (χ4n) is 11.2. The average molecular weight is 829 g/mol. The molecule has 0 spiro atoms. The van der Waals surface area contributed by atoms with Crippen molar-refractivity contribution >= 4 is 98.8 Å². The van der Waals surface area contributed by atoms with E-state index in [2.05, 4.69) is 254 Å². The summed E-state index contributed by atoms with van der Waals surface area (Å²) in [5.74, 6) is 0. The Bertz CT molecular complexity index is 3720. The monoisotopic (exact) mass is 828 g/mol. The molecule has 1 aliphatic carbocycles. The molecular weight excluding hydrogens is 785 g/mol. The van der Waals surface area contributed by atoms with Crippen molar-refractivity contribution < 1.29 is 0 Å². The second-order valence-electron chi connectivity index (χ2n) is 18.0. The van der Waals surface area contributed by atoms with Gasteiger partial charge in [0.25, 0.3) is 0 Å². The van der Waals surface area contributed by atoms with Crippen molar-refractivity contribution in [3.63, 3.8) is 0 Å². The van der Waals surface area contributed by atoms with Crippen LogP contribution in [-0.4, -0.2) is 0 Å². The van der Waals surface area contributed by atoms with Crippen LogP contribution < -0.4 is 9.80 Å². The summed E-state index contributed by atoms with van der Waals surface area (Å²) >= 11 is 0. The Morgan fingerprint density at radius 2 is 0.585 bits per heavy atom. The molecule has 0 saturated carbocycles. The van der Waals surface area contributed by atoms with Gasteiger partial charge in [0.2, 0.25) is 0 Å². The first kappa shape index (κ1) is 37.4. The molecule has 0 bridgehead atoms.